The lowest BCUT2D eigenvalue weighted by atomic mass is 9.99. The normalized spacial score (nSPS) is 20.1. The van der Waals surface area contributed by atoms with Crippen LogP contribution in [0.2, 0.25) is 0 Å². The standard InChI is InChI=1S/C56H105NO10/c1-4-7-10-13-16-19-22-25-28-30-33-36-39-42-48(59)47(57-55(64)49(60)43-40-37-34-31-27-24-21-18-15-12-9-6-3)46-65-56-54(53(63)52(62)50(45-58)66-56)67-51(61)44-41-38-35-32-29-26-23-20-17-14-11-8-5-2/h27,31,39,42,47-50,52-54,56,58-60,62-63H,4-26,28-30,32-38,40-41,43-46H2,1-3H3,(H,57,64)/b31-27-,42-39+. The van der Waals surface area contributed by atoms with E-state index in [0.29, 0.717) is 12.8 Å². The van der Waals surface area contributed by atoms with Crippen LogP contribution in [0.4, 0.5) is 0 Å². The lowest BCUT2D eigenvalue weighted by molar-refractivity contribution is -0.305. The fourth-order valence-electron chi connectivity index (χ4n) is 8.82. The zero-order valence-corrected chi connectivity index (χ0v) is 43.3. The van der Waals surface area contributed by atoms with Crippen LogP contribution in [0.5, 0.6) is 0 Å². The van der Waals surface area contributed by atoms with Crippen molar-refractivity contribution in [2.24, 2.45) is 0 Å². The number of allylic oxidation sites excluding steroid dienone is 3. The Kier molecular flexibility index (Phi) is 42.7. The molecule has 8 unspecified atom stereocenters. The van der Waals surface area contributed by atoms with Gasteiger partial charge in [0.1, 0.15) is 24.4 Å². The van der Waals surface area contributed by atoms with Crippen LogP contribution in [0.1, 0.15) is 258 Å². The largest absolute Gasteiger partial charge is 0.454 e. The predicted molar refractivity (Wildman–Crippen MR) is 274 cm³/mol. The zero-order chi connectivity index (χ0) is 49.0. The third-order valence-corrected chi connectivity index (χ3v) is 13.4. The summed E-state index contributed by atoms with van der Waals surface area (Å²) >= 11 is 0. The molecule has 0 saturated carbocycles. The zero-order valence-electron chi connectivity index (χ0n) is 43.3. The Morgan fingerprint density at radius 1 is 0.567 bits per heavy atom. The third-order valence-electron chi connectivity index (χ3n) is 13.4. The molecule has 1 heterocycles. The van der Waals surface area contributed by atoms with E-state index in [9.17, 15) is 35.1 Å². The van der Waals surface area contributed by atoms with Crippen LogP contribution in [-0.2, 0) is 23.8 Å². The van der Waals surface area contributed by atoms with Gasteiger partial charge in [0, 0.05) is 6.42 Å². The molecule has 0 aromatic carbocycles. The van der Waals surface area contributed by atoms with Crippen molar-refractivity contribution in [3.63, 3.8) is 0 Å². The van der Waals surface area contributed by atoms with E-state index in [1.54, 1.807) is 6.08 Å². The molecule has 11 heteroatoms. The molecule has 1 aliphatic rings. The number of nitrogens with one attached hydrogen (secondary N) is 1. The van der Waals surface area contributed by atoms with Gasteiger partial charge in [-0.1, -0.05) is 225 Å². The van der Waals surface area contributed by atoms with Crippen molar-refractivity contribution in [1.29, 1.82) is 0 Å². The Bertz CT molecular complexity index is 1180. The smallest absolute Gasteiger partial charge is 0.306 e. The molecule has 0 bridgehead atoms. The number of ether oxygens (including phenoxy) is 3. The van der Waals surface area contributed by atoms with Crippen molar-refractivity contribution in [1.82, 2.24) is 5.32 Å². The van der Waals surface area contributed by atoms with Gasteiger partial charge < -0.3 is 45.1 Å². The fraction of sp³-hybridized carbons (Fsp3) is 0.893. The van der Waals surface area contributed by atoms with Gasteiger partial charge in [0.05, 0.1) is 25.4 Å². The Morgan fingerprint density at radius 2 is 0.985 bits per heavy atom. The topological polar surface area (TPSA) is 175 Å². The SMILES string of the molecule is CCCCCCCC/C=C\CCCCC(O)C(=O)NC(COC1OC(CO)C(O)C(O)C1OC(=O)CCCCCCCCCCCCCCC)C(O)/C=C/CCCCCCCCCCCCC. The van der Waals surface area contributed by atoms with Gasteiger partial charge in [0.2, 0.25) is 5.91 Å². The molecule has 67 heavy (non-hydrogen) atoms. The van der Waals surface area contributed by atoms with Crippen molar-refractivity contribution in [2.75, 3.05) is 13.2 Å². The number of aliphatic hydroxyl groups excluding tert-OH is 5. The summed E-state index contributed by atoms with van der Waals surface area (Å²) in [6, 6.07) is -1.03. The van der Waals surface area contributed by atoms with Gasteiger partial charge in [-0.15, -0.1) is 0 Å². The number of rotatable bonds is 47. The molecular formula is C56H105NO10. The maximum atomic E-state index is 13.3. The van der Waals surface area contributed by atoms with E-state index in [-0.39, 0.29) is 19.4 Å². The van der Waals surface area contributed by atoms with E-state index in [1.807, 2.05) is 6.08 Å². The van der Waals surface area contributed by atoms with Crippen molar-refractivity contribution in [3.8, 4) is 0 Å². The Morgan fingerprint density at radius 3 is 1.45 bits per heavy atom. The summed E-state index contributed by atoms with van der Waals surface area (Å²) < 4.78 is 17.5. The minimum atomic E-state index is -1.61. The molecular weight excluding hydrogens is 847 g/mol. The molecule has 0 spiro atoms. The van der Waals surface area contributed by atoms with Crippen molar-refractivity contribution >= 4 is 11.9 Å². The fourth-order valence-corrected chi connectivity index (χ4v) is 8.82. The van der Waals surface area contributed by atoms with E-state index in [1.165, 1.54) is 154 Å². The maximum absolute atomic E-state index is 13.3. The highest BCUT2D eigenvalue weighted by Gasteiger charge is 2.47. The summed E-state index contributed by atoms with van der Waals surface area (Å²) in [6.45, 7) is 5.76. The molecule has 11 nitrogen and oxygen atoms in total. The van der Waals surface area contributed by atoms with Crippen molar-refractivity contribution < 1.29 is 49.3 Å². The Labute approximate surface area is 410 Å². The summed E-state index contributed by atoms with van der Waals surface area (Å²) in [5.41, 5.74) is 0. The molecule has 6 N–H and O–H groups in total. The molecule has 0 aromatic heterocycles. The predicted octanol–water partition coefficient (Wildman–Crippen LogP) is 12.2. The number of hydrogen-bond acceptors (Lipinski definition) is 10. The number of amides is 1. The first kappa shape index (κ1) is 63.2. The van der Waals surface area contributed by atoms with E-state index < -0.39 is 67.4 Å². The van der Waals surface area contributed by atoms with Gasteiger partial charge in [0.25, 0.3) is 0 Å². The quantitative estimate of drug-likeness (QED) is 0.0196. The molecule has 1 aliphatic heterocycles. The van der Waals surface area contributed by atoms with E-state index >= 15 is 0 Å². The third kappa shape index (κ3) is 34.2. The number of aliphatic hydroxyl groups is 5. The van der Waals surface area contributed by atoms with Crippen LogP contribution < -0.4 is 5.32 Å². The van der Waals surface area contributed by atoms with Gasteiger partial charge >= 0.3 is 5.97 Å². The highest BCUT2D eigenvalue weighted by molar-refractivity contribution is 5.80. The number of carbonyl (C=O) groups excluding carboxylic acids is 2. The first-order valence-corrected chi connectivity index (χ1v) is 28.1. The van der Waals surface area contributed by atoms with Crippen LogP contribution >= 0.6 is 0 Å². The summed E-state index contributed by atoms with van der Waals surface area (Å²) in [4.78, 5) is 26.4. The minimum absolute atomic E-state index is 0.127. The molecule has 0 radical (unpaired) electrons. The molecule has 394 valence electrons. The van der Waals surface area contributed by atoms with E-state index in [0.717, 1.165) is 57.8 Å². The molecule has 0 aromatic rings. The second kappa shape index (κ2) is 45.3. The molecule has 1 amide bonds. The Balaban J connectivity index is 2.77. The average molecular weight is 952 g/mol. The van der Waals surface area contributed by atoms with Crippen molar-refractivity contribution in [3.05, 3.63) is 24.3 Å². The van der Waals surface area contributed by atoms with Gasteiger partial charge in [-0.2, -0.15) is 0 Å². The highest BCUT2D eigenvalue weighted by atomic mass is 16.7. The van der Waals surface area contributed by atoms with Crippen LogP contribution in [0, 0.1) is 0 Å². The maximum Gasteiger partial charge on any atom is 0.306 e. The second-order valence-electron chi connectivity index (χ2n) is 19.7. The summed E-state index contributed by atoms with van der Waals surface area (Å²) in [7, 11) is 0. The second-order valence-corrected chi connectivity index (χ2v) is 19.7. The van der Waals surface area contributed by atoms with Crippen LogP contribution in [-0.4, -0.2) is 99.6 Å². The lowest BCUT2D eigenvalue weighted by Crippen LogP contribution is -2.61. The molecule has 1 rings (SSSR count). The summed E-state index contributed by atoms with van der Waals surface area (Å²) in [5, 5.41) is 56.7. The first-order valence-electron chi connectivity index (χ1n) is 28.1. The van der Waals surface area contributed by atoms with Crippen LogP contribution in [0.3, 0.4) is 0 Å². The van der Waals surface area contributed by atoms with Gasteiger partial charge in [-0.3, -0.25) is 9.59 Å². The number of unbranched alkanes of at least 4 members (excludes halogenated alkanes) is 31. The Hall–Kier alpha value is -1.86. The summed E-state index contributed by atoms with van der Waals surface area (Å²) in [6.07, 6.45) is 39.4. The minimum Gasteiger partial charge on any atom is -0.454 e. The van der Waals surface area contributed by atoms with Crippen LogP contribution in [0.25, 0.3) is 0 Å². The van der Waals surface area contributed by atoms with Crippen LogP contribution in [0.15, 0.2) is 24.3 Å². The molecule has 0 aliphatic carbocycles. The monoisotopic (exact) mass is 952 g/mol. The number of carbonyl (C=O) groups is 2. The van der Waals surface area contributed by atoms with Gasteiger partial charge in [0.15, 0.2) is 12.4 Å². The first-order chi connectivity index (χ1) is 32.7. The van der Waals surface area contributed by atoms with Gasteiger partial charge in [-0.25, -0.2) is 0 Å². The molecule has 8 atom stereocenters. The van der Waals surface area contributed by atoms with Crippen molar-refractivity contribution in [2.45, 2.75) is 307 Å². The summed E-state index contributed by atoms with van der Waals surface area (Å²) in [5.74, 6) is -1.20. The van der Waals surface area contributed by atoms with E-state index in [2.05, 4.69) is 38.2 Å². The highest BCUT2D eigenvalue weighted by Crippen LogP contribution is 2.26. The van der Waals surface area contributed by atoms with Gasteiger partial charge in [-0.05, 0) is 51.4 Å². The molecule has 1 fully saturated rings. The average Bonchev–Trinajstić information content (AvgIpc) is 3.32. The number of hydrogen-bond donors (Lipinski definition) is 6. The lowest BCUT2D eigenvalue weighted by Gasteiger charge is -2.41. The van der Waals surface area contributed by atoms with E-state index in [4.69, 9.17) is 14.2 Å². The molecule has 1 saturated heterocycles. The number of esters is 1.